The molecule has 1 fully saturated rings. The van der Waals surface area contributed by atoms with Gasteiger partial charge in [0.15, 0.2) is 9.84 Å². The number of nitrogens with zero attached hydrogens (tertiary/aromatic N) is 2. The predicted octanol–water partition coefficient (Wildman–Crippen LogP) is 6.88. The monoisotopic (exact) mass is 628 g/mol. The van der Waals surface area contributed by atoms with E-state index in [1.165, 1.54) is 11.0 Å². The van der Waals surface area contributed by atoms with Gasteiger partial charge in [-0.25, -0.2) is 17.2 Å². The number of hydrogen-bond donors (Lipinski definition) is 0. The van der Waals surface area contributed by atoms with Crippen LogP contribution in [0, 0.1) is 5.82 Å². The number of alkyl halides is 7. The second-order valence-corrected chi connectivity index (χ2v) is 12.3. The van der Waals surface area contributed by atoms with Crippen LogP contribution in [-0.4, -0.2) is 49.7 Å². The fourth-order valence-corrected chi connectivity index (χ4v) is 7.37. The van der Waals surface area contributed by atoms with Crippen LogP contribution in [0.4, 0.5) is 35.1 Å². The van der Waals surface area contributed by atoms with E-state index in [0.29, 0.717) is 23.0 Å². The van der Waals surface area contributed by atoms with E-state index >= 15 is 0 Å². The number of carbonyl (C=O) groups is 1. The number of benzene rings is 3. The first-order chi connectivity index (χ1) is 20.0. The van der Waals surface area contributed by atoms with Crippen LogP contribution in [0.2, 0.25) is 0 Å². The Bertz CT molecular complexity index is 1780. The number of likely N-dealkylation sites (tertiary alicyclic amines) is 1. The minimum atomic E-state index is -6.36. The molecule has 0 bridgehead atoms. The smallest absolute Gasteiger partial charge is 0.337 e. The summed E-state index contributed by atoms with van der Waals surface area (Å²) in [5.74, 6) is -1.35. The SMILES string of the molecule is O=C(c1ccc2ncccc2c1)N1CC[C@](c2ccc(C(F)(C(F)(F)F)C(F)(F)F)cc2)(S(=O)(=O)c2ccc(F)cc2)C1. The molecule has 0 saturated carbocycles. The van der Waals surface area contributed by atoms with Gasteiger partial charge < -0.3 is 4.90 Å². The molecule has 1 aliphatic rings. The second-order valence-electron chi connectivity index (χ2n) is 10.1. The fourth-order valence-electron chi connectivity index (χ4n) is 5.29. The van der Waals surface area contributed by atoms with Crippen molar-refractivity contribution in [3.63, 3.8) is 0 Å². The van der Waals surface area contributed by atoms with Crippen molar-refractivity contribution in [2.75, 3.05) is 13.1 Å². The van der Waals surface area contributed by atoms with Crippen LogP contribution in [0.5, 0.6) is 0 Å². The first kappa shape index (κ1) is 30.4. The summed E-state index contributed by atoms with van der Waals surface area (Å²) in [7, 11) is -4.57. The van der Waals surface area contributed by atoms with E-state index in [4.69, 9.17) is 0 Å². The van der Waals surface area contributed by atoms with Gasteiger partial charge in [0.1, 0.15) is 10.6 Å². The summed E-state index contributed by atoms with van der Waals surface area (Å²) in [5, 5.41) is 0.623. The molecule has 1 aromatic heterocycles. The van der Waals surface area contributed by atoms with Gasteiger partial charge in [-0.3, -0.25) is 9.78 Å². The number of fused-ring (bicyclic) bond motifs is 1. The van der Waals surface area contributed by atoms with Crippen LogP contribution >= 0.6 is 0 Å². The number of pyridine rings is 1. The standard InChI is InChI=1S/C29H20F8N2O3S/c30-22-8-10-23(11-9-22)43(41,42)26(20-4-6-21(7-5-20)27(31,28(32,33)34)29(35,36)37)13-15-39(17-26)25(40)19-3-12-24-18(16-19)2-1-14-38-24/h1-12,14,16H,13,15,17H2/t26-/m0/s1. The predicted molar refractivity (Wildman–Crippen MR) is 139 cm³/mol. The number of amides is 1. The minimum absolute atomic E-state index is 0.162. The Morgan fingerprint density at radius 2 is 1.47 bits per heavy atom. The van der Waals surface area contributed by atoms with E-state index < -0.39 is 61.3 Å². The van der Waals surface area contributed by atoms with Crippen molar-refractivity contribution in [3.8, 4) is 0 Å². The summed E-state index contributed by atoms with van der Waals surface area (Å²) in [5.41, 5.74) is -7.00. The van der Waals surface area contributed by atoms with Crippen LogP contribution in [0.3, 0.4) is 0 Å². The summed E-state index contributed by atoms with van der Waals surface area (Å²) in [6.07, 6.45) is -11.5. The molecular formula is C29H20F8N2O3S. The summed E-state index contributed by atoms with van der Waals surface area (Å²) >= 11 is 0. The van der Waals surface area contributed by atoms with E-state index in [2.05, 4.69) is 4.98 Å². The average molecular weight is 629 g/mol. The van der Waals surface area contributed by atoms with Crippen molar-refractivity contribution in [3.05, 3.63) is 108 Å². The third kappa shape index (κ3) is 4.90. The molecule has 5 nitrogen and oxygen atoms in total. The summed E-state index contributed by atoms with van der Waals surface area (Å²) < 4.78 is 134. The minimum Gasteiger partial charge on any atom is -0.337 e. The molecule has 0 radical (unpaired) electrons. The van der Waals surface area contributed by atoms with Crippen molar-refractivity contribution in [1.29, 1.82) is 0 Å². The van der Waals surface area contributed by atoms with Gasteiger partial charge in [0.25, 0.3) is 5.91 Å². The van der Waals surface area contributed by atoms with Gasteiger partial charge in [-0.15, -0.1) is 0 Å². The number of sulfone groups is 1. The van der Waals surface area contributed by atoms with Gasteiger partial charge in [0.2, 0.25) is 0 Å². The van der Waals surface area contributed by atoms with Gasteiger partial charge >= 0.3 is 18.0 Å². The first-order valence-electron chi connectivity index (χ1n) is 12.6. The van der Waals surface area contributed by atoms with Crippen LogP contribution in [-0.2, 0) is 20.3 Å². The van der Waals surface area contributed by atoms with Crippen molar-refractivity contribution >= 4 is 26.6 Å². The molecule has 0 unspecified atom stereocenters. The number of hydrogen-bond acceptors (Lipinski definition) is 4. The number of halogens is 8. The zero-order valence-corrected chi connectivity index (χ0v) is 22.6. The maximum Gasteiger partial charge on any atom is 0.435 e. The molecule has 1 aliphatic heterocycles. The van der Waals surface area contributed by atoms with Crippen LogP contribution in [0.25, 0.3) is 10.9 Å². The Balaban J connectivity index is 1.59. The molecule has 14 heteroatoms. The molecule has 0 aliphatic carbocycles. The Morgan fingerprint density at radius 3 is 2.07 bits per heavy atom. The number of rotatable bonds is 5. The molecular weight excluding hydrogens is 608 g/mol. The number of carbonyl (C=O) groups excluding carboxylic acids is 1. The van der Waals surface area contributed by atoms with Crippen molar-refractivity contribution in [2.45, 2.75) is 34.1 Å². The lowest BCUT2D eigenvalue weighted by atomic mass is 9.90. The Labute approximate surface area is 239 Å². The molecule has 0 N–H and O–H groups in total. The molecule has 1 atom stereocenters. The number of aromatic nitrogens is 1. The van der Waals surface area contributed by atoms with Gasteiger partial charge in [-0.05, 0) is 60.5 Å². The van der Waals surface area contributed by atoms with Crippen LogP contribution in [0.15, 0.2) is 90.0 Å². The van der Waals surface area contributed by atoms with Crippen molar-refractivity contribution in [1.82, 2.24) is 9.88 Å². The lowest BCUT2D eigenvalue weighted by Crippen LogP contribution is -2.50. The van der Waals surface area contributed by atoms with Crippen molar-refractivity contribution < 1.29 is 48.3 Å². The zero-order chi connectivity index (χ0) is 31.4. The summed E-state index contributed by atoms with van der Waals surface area (Å²) in [6.45, 7) is -0.709. The van der Waals surface area contributed by atoms with E-state index in [9.17, 15) is 48.3 Å². The Kier molecular flexibility index (Phi) is 7.27. The lowest BCUT2D eigenvalue weighted by Gasteiger charge is -2.32. The molecule has 2 heterocycles. The third-order valence-electron chi connectivity index (χ3n) is 7.60. The highest BCUT2D eigenvalue weighted by Crippen LogP contribution is 2.54. The molecule has 3 aromatic carbocycles. The van der Waals surface area contributed by atoms with E-state index in [-0.39, 0.29) is 36.2 Å². The van der Waals surface area contributed by atoms with Gasteiger partial charge in [-0.2, -0.15) is 26.3 Å². The molecule has 4 aromatic rings. The van der Waals surface area contributed by atoms with Crippen molar-refractivity contribution in [2.24, 2.45) is 0 Å². The summed E-state index contributed by atoms with van der Waals surface area (Å²) in [4.78, 5) is 18.5. The van der Waals surface area contributed by atoms with Gasteiger partial charge in [0.05, 0.1) is 10.4 Å². The molecule has 226 valence electrons. The molecule has 1 amide bonds. The third-order valence-corrected chi connectivity index (χ3v) is 10.1. The second kappa shape index (κ2) is 10.3. The highest BCUT2D eigenvalue weighted by Gasteiger charge is 2.73. The molecule has 43 heavy (non-hydrogen) atoms. The fraction of sp³-hybridized carbons (Fsp3) is 0.241. The largest absolute Gasteiger partial charge is 0.435 e. The van der Waals surface area contributed by atoms with Gasteiger partial charge in [0, 0.05) is 35.8 Å². The van der Waals surface area contributed by atoms with E-state index in [1.807, 2.05) is 0 Å². The first-order valence-corrected chi connectivity index (χ1v) is 14.1. The highest BCUT2D eigenvalue weighted by atomic mass is 32.2. The molecule has 0 spiro atoms. The topological polar surface area (TPSA) is 67.3 Å². The molecule has 1 saturated heterocycles. The summed E-state index contributed by atoms with van der Waals surface area (Å²) in [6, 6.07) is 13.5. The molecule has 5 rings (SSSR count). The van der Waals surface area contributed by atoms with E-state index in [0.717, 1.165) is 24.3 Å². The van der Waals surface area contributed by atoms with E-state index in [1.54, 1.807) is 30.5 Å². The average Bonchev–Trinajstić information content (AvgIpc) is 3.43. The normalized spacial score (nSPS) is 18.3. The van der Waals surface area contributed by atoms with Gasteiger partial charge in [-0.1, -0.05) is 30.3 Å². The Morgan fingerprint density at radius 1 is 0.837 bits per heavy atom. The maximum absolute atomic E-state index is 14.7. The van der Waals surface area contributed by atoms with Crippen LogP contribution < -0.4 is 0 Å². The zero-order valence-electron chi connectivity index (χ0n) is 21.8. The highest BCUT2D eigenvalue weighted by molar-refractivity contribution is 7.92. The van der Waals surface area contributed by atoms with Crippen LogP contribution in [0.1, 0.15) is 27.9 Å². The maximum atomic E-state index is 14.7. The Hall–Kier alpha value is -4.07. The lowest BCUT2D eigenvalue weighted by molar-refractivity contribution is -0.348. The quantitative estimate of drug-likeness (QED) is 0.179.